The highest BCUT2D eigenvalue weighted by atomic mass is 16.5. The monoisotopic (exact) mass is 518 g/mol. The second-order valence-corrected chi connectivity index (χ2v) is 7.88. The third kappa shape index (κ3) is 8.09. The number of hydrazone groups is 1. The first-order chi connectivity index (χ1) is 18.4. The van der Waals surface area contributed by atoms with Crippen molar-refractivity contribution in [1.29, 1.82) is 0 Å². The number of methoxy groups -OCH3 is 1. The van der Waals surface area contributed by atoms with Crippen LogP contribution in [0.4, 0.5) is 11.4 Å². The van der Waals surface area contributed by atoms with Crippen molar-refractivity contribution < 1.29 is 28.6 Å². The molecule has 3 rings (SSSR count). The van der Waals surface area contributed by atoms with Crippen molar-refractivity contribution in [1.82, 2.24) is 5.43 Å². The van der Waals surface area contributed by atoms with E-state index >= 15 is 0 Å². The fraction of sp³-hybridized carbons (Fsp3) is 0.214. The quantitative estimate of drug-likeness (QED) is 0.202. The lowest BCUT2D eigenvalue weighted by Crippen LogP contribution is -2.32. The van der Waals surface area contributed by atoms with Crippen LogP contribution in [0.3, 0.4) is 0 Å². The van der Waals surface area contributed by atoms with Gasteiger partial charge in [-0.15, -0.1) is 0 Å². The predicted molar refractivity (Wildman–Crippen MR) is 145 cm³/mol. The summed E-state index contributed by atoms with van der Waals surface area (Å²) in [6.07, 6.45) is 2.27. The standard InChI is InChI=1S/C28H30N4O6/c1-4-19-10-13-21(14-11-19)30-26(33)18-38-24-15-12-20(16-25(24)36-3)17-29-32-28(35)27(34)31-22-8-6-7-9-23(22)37-5-2/h6-17H,4-5,18H2,1-3H3,(H,30,33)(H,31,34)(H,32,35)/b29-17-. The minimum atomic E-state index is -0.949. The molecule has 0 unspecified atom stereocenters. The Labute approximate surface area is 221 Å². The molecule has 0 bridgehead atoms. The van der Waals surface area contributed by atoms with Crippen LogP contribution in [-0.2, 0) is 20.8 Å². The average molecular weight is 519 g/mol. The van der Waals surface area contributed by atoms with Gasteiger partial charge in [0.25, 0.3) is 5.91 Å². The van der Waals surface area contributed by atoms with Gasteiger partial charge in [0.1, 0.15) is 5.75 Å². The maximum absolute atomic E-state index is 12.3. The van der Waals surface area contributed by atoms with Gasteiger partial charge in [0.05, 0.1) is 25.6 Å². The third-order valence-corrected chi connectivity index (χ3v) is 5.21. The summed E-state index contributed by atoms with van der Waals surface area (Å²) in [5.74, 6) is -0.975. The second kappa shape index (κ2) is 14.0. The molecule has 0 heterocycles. The van der Waals surface area contributed by atoms with Gasteiger partial charge in [0.2, 0.25) is 0 Å². The van der Waals surface area contributed by atoms with Gasteiger partial charge in [-0.3, -0.25) is 14.4 Å². The molecular formula is C28H30N4O6. The van der Waals surface area contributed by atoms with Crippen LogP contribution in [-0.4, -0.2) is 44.3 Å². The number of nitrogens with one attached hydrogen (secondary N) is 3. The molecule has 3 amide bonds. The number of carbonyl (C=O) groups excluding carboxylic acids is 3. The summed E-state index contributed by atoms with van der Waals surface area (Å²) in [4.78, 5) is 36.6. The highest BCUT2D eigenvalue weighted by Gasteiger charge is 2.15. The minimum absolute atomic E-state index is 0.211. The van der Waals surface area contributed by atoms with Gasteiger partial charge < -0.3 is 24.8 Å². The van der Waals surface area contributed by atoms with Crippen LogP contribution >= 0.6 is 0 Å². The van der Waals surface area contributed by atoms with E-state index < -0.39 is 11.8 Å². The molecule has 38 heavy (non-hydrogen) atoms. The van der Waals surface area contributed by atoms with Gasteiger partial charge in [-0.1, -0.05) is 31.2 Å². The Morgan fingerprint density at radius 1 is 0.842 bits per heavy atom. The Hall–Kier alpha value is -4.86. The molecule has 0 aliphatic rings. The molecule has 0 aliphatic carbocycles. The number of hydrogen-bond acceptors (Lipinski definition) is 7. The molecule has 0 radical (unpaired) electrons. The van der Waals surface area contributed by atoms with Gasteiger partial charge in [-0.05, 0) is 66.9 Å². The van der Waals surface area contributed by atoms with Crippen LogP contribution < -0.4 is 30.3 Å². The number of nitrogens with zero attached hydrogens (tertiary/aromatic N) is 1. The first-order valence-corrected chi connectivity index (χ1v) is 12.0. The number of aryl methyl sites for hydroxylation is 1. The Morgan fingerprint density at radius 3 is 2.32 bits per heavy atom. The predicted octanol–water partition coefficient (Wildman–Crippen LogP) is 3.76. The fourth-order valence-electron chi connectivity index (χ4n) is 3.29. The molecule has 0 aromatic heterocycles. The number of hydrogen-bond donors (Lipinski definition) is 3. The molecule has 10 heteroatoms. The number of amides is 3. The van der Waals surface area contributed by atoms with E-state index in [4.69, 9.17) is 14.2 Å². The van der Waals surface area contributed by atoms with Gasteiger partial charge in [-0.25, -0.2) is 5.43 Å². The summed E-state index contributed by atoms with van der Waals surface area (Å²) in [6, 6.07) is 19.3. The average Bonchev–Trinajstić information content (AvgIpc) is 2.93. The molecule has 0 fully saturated rings. The van der Waals surface area contributed by atoms with Crippen molar-refractivity contribution >= 4 is 35.3 Å². The summed E-state index contributed by atoms with van der Waals surface area (Å²) >= 11 is 0. The van der Waals surface area contributed by atoms with Crippen LogP contribution in [0.25, 0.3) is 0 Å². The van der Waals surface area contributed by atoms with Gasteiger partial charge in [-0.2, -0.15) is 5.10 Å². The van der Waals surface area contributed by atoms with Crippen LogP contribution in [0.2, 0.25) is 0 Å². The smallest absolute Gasteiger partial charge is 0.329 e. The zero-order valence-corrected chi connectivity index (χ0v) is 21.4. The molecule has 0 saturated heterocycles. The molecule has 0 saturated carbocycles. The highest BCUT2D eigenvalue weighted by Crippen LogP contribution is 2.27. The van der Waals surface area contributed by atoms with E-state index in [2.05, 4.69) is 28.1 Å². The molecule has 3 N–H and O–H groups in total. The van der Waals surface area contributed by atoms with Crippen LogP contribution in [0.5, 0.6) is 17.2 Å². The SMILES string of the molecule is CCOc1ccccc1NC(=O)C(=O)N/N=C\c1ccc(OCC(=O)Nc2ccc(CC)cc2)c(OC)c1. The van der Waals surface area contributed by atoms with E-state index in [0.29, 0.717) is 40.8 Å². The lowest BCUT2D eigenvalue weighted by Gasteiger charge is -2.12. The van der Waals surface area contributed by atoms with Crippen LogP contribution in [0.1, 0.15) is 25.0 Å². The summed E-state index contributed by atoms with van der Waals surface area (Å²) < 4.78 is 16.4. The van der Waals surface area contributed by atoms with Crippen molar-refractivity contribution in [3.05, 3.63) is 77.9 Å². The Morgan fingerprint density at radius 2 is 1.61 bits per heavy atom. The Balaban J connectivity index is 1.52. The summed E-state index contributed by atoms with van der Waals surface area (Å²) in [6.45, 7) is 4.08. The number of benzene rings is 3. The fourth-order valence-corrected chi connectivity index (χ4v) is 3.29. The number of carbonyl (C=O) groups is 3. The van der Waals surface area contributed by atoms with Crippen molar-refractivity contribution in [3.63, 3.8) is 0 Å². The topological polar surface area (TPSA) is 127 Å². The summed E-state index contributed by atoms with van der Waals surface area (Å²) in [5.41, 5.74) is 4.98. The van der Waals surface area contributed by atoms with Crippen LogP contribution in [0.15, 0.2) is 71.8 Å². The largest absolute Gasteiger partial charge is 0.493 e. The molecule has 0 aliphatic heterocycles. The lowest BCUT2D eigenvalue weighted by molar-refractivity contribution is -0.136. The van der Waals surface area contributed by atoms with Crippen LogP contribution in [0, 0.1) is 0 Å². The normalized spacial score (nSPS) is 10.5. The molecule has 3 aromatic rings. The Kier molecular flexibility index (Phi) is 10.2. The molecule has 10 nitrogen and oxygen atoms in total. The van der Waals surface area contributed by atoms with Crippen molar-refractivity contribution in [3.8, 4) is 17.2 Å². The molecule has 198 valence electrons. The van der Waals surface area contributed by atoms with E-state index in [1.54, 1.807) is 42.5 Å². The van der Waals surface area contributed by atoms with Gasteiger partial charge >= 0.3 is 11.8 Å². The van der Waals surface area contributed by atoms with Crippen molar-refractivity contribution in [2.24, 2.45) is 5.10 Å². The van der Waals surface area contributed by atoms with E-state index in [0.717, 1.165) is 6.42 Å². The number of ether oxygens (including phenoxy) is 3. The van der Waals surface area contributed by atoms with Crippen molar-refractivity contribution in [2.45, 2.75) is 20.3 Å². The van der Waals surface area contributed by atoms with E-state index in [9.17, 15) is 14.4 Å². The summed E-state index contributed by atoms with van der Waals surface area (Å²) in [5, 5.41) is 9.10. The second-order valence-electron chi connectivity index (χ2n) is 7.88. The molecular weight excluding hydrogens is 488 g/mol. The first kappa shape index (κ1) is 27.7. The maximum atomic E-state index is 12.3. The molecule has 0 atom stereocenters. The minimum Gasteiger partial charge on any atom is -0.493 e. The number of anilines is 2. The maximum Gasteiger partial charge on any atom is 0.329 e. The lowest BCUT2D eigenvalue weighted by atomic mass is 10.1. The zero-order chi connectivity index (χ0) is 27.3. The van der Waals surface area contributed by atoms with E-state index in [1.165, 1.54) is 18.9 Å². The summed E-state index contributed by atoms with van der Waals surface area (Å²) in [7, 11) is 1.46. The van der Waals surface area contributed by atoms with Gasteiger partial charge in [0, 0.05) is 5.69 Å². The third-order valence-electron chi connectivity index (χ3n) is 5.21. The molecule has 0 spiro atoms. The number of para-hydroxylation sites is 2. The zero-order valence-electron chi connectivity index (χ0n) is 21.4. The van der Waals surface area contributed by atoms with Crippen molar-refractivity contribution in [2.75, 3.05) is 31.0 Å². The Bertz CT molecular complexity index is 1290. The van der Waals surface area contributed by atoms with E-state index in [-0.39, 0.29) is 12.5 Å². The first-order valence-electron chi connectivity index (χ1n) is 12.0. The number of rotatable bonds is 11. The van der Waals surface area contributed by atoms with Gasteiger partial charge in [0.15, 0.2) is 18.1 Å². The highest BCUT2D eigenvalue weighted by molar-refractivity contribution is 6.39. The van der Waals surface area contributed by atoms with E-state index in [1.807, 2.05) is 31.2 Å². The molecule has 3 aromatic carbocycles.